The van der Waals surface area contributed by atoms with Crippen LogP contribution in [-0.2, 0) is 5.75 Å². The number of hydrogen-bond acceptors (Lipinski definition) is 2. The lowest BCUT2D eigenvalue weighted by Crippen LogP contribution is -2.00. The van der Waals surface area contributed by atoms with Crippen molar-refractivity contribution in [3.05, 3.63) is 90.1 Å². The molecule has 1 unspecified atom stereocenters. The number of nitrogens with zero attached hydrogens (tertiary/aromatic N) is 1. The van der Waals surface area contributed by atoms with Gasteiger partial charge in [0.15, 0.2) is 0 Å². The third-order valence-corrected chi connectivity index (χ3v) is 5.66. The Balaban J connectivity index is 1.78. The third-order valence-electron chi connectivity index (χ3n) is 4.28. The van der Waals surface area contributed by atoms with E-state index in [0.29, 0.717) is 5.25 Å². The highest BCUT2D eigenvalue weighted by molar-refractivity contribution is 7.98. The molecule has 3 aromatic rings. The fourth-order valence-corrected chi connectivity index (χ4v) is 4.10. The van der Waals surface area contributed by atoms with Crippen LogP contribution in [0.1, 0.15) is 42.7 Å². The van der Waals surface area contributed by atoms with E-state index in [1.807, 2.05) is 17.8 Å². The maximum Gasteiger partial charge on any atom is 0.0705 e. The quantitative estimate of drug-likeness (QED) is 0.439. The van der Waals surface area contributed by atoms with Crippen molar-refractivity contribution >= 4 is 11.8 Å². The van der Waals surface area contributed by atoms with Crippen molar-refractivity contribution in [2.24, 2.45) is 0 Å². The second-order valence-corrected chi connectivity index (χ2v) is 7.43. The molecule has 0 fully saturated rings. The zero-order valence-corrected chi connectivity index (χ0v) is 15.6. The zero-order valence-electron chi connectivity index (χ0n) is 14.8. The number of thioether (sulfide) groups is 1. The molecule has 0 aliphatic rings. The summed E-state index contributed by atoms with van der Waals surface area (Å²) in [5.74, 6) is 1.03. The minimum atomic E-state index is 0.448. The summed E-state index contributed by atoms with van der Waals surface area (Å²) < 4.78 is 0. The fraction of sp³-hybridized carbons (Fsp3) is 0.261. The van der Waals surface area contributed by atoms with E-state index in [4.69, 9.17) is 4.98 Å². The molecule has 1 nitrogen and oxygen atoms in total. The highest BCUT2D eigenvalue weighted by Gasteiger charge is 2.14. The van der Waals surface area contributed by atoms with Crippen LogP contribution in [0.2, 0.25) is 0 Å². The van der Waals surface area contributed by atoms with Crippen molar-refractivity contribution in [3.8, 4) is 11.3 Å². The number of rotatable bonds is 8. The Morgan fingerprint density at radius 1 is 0.840 bits per heavy atom. The molecule has 0 bridgehead atoms. The van der Waals surface area contributed by atoms with E-state index in [1.54, 1.807) is 0 Å². The predicted molar refractivity (Wildman–Crippen MR) is 110 cm³/mol. The number of pyridine rings is 1. The van der Waals surface area contributed by atoms with Gasteiger partial charge in [0, 0.05) is 16.6 Å². The van der Waals surface area contributed by atoms with Crippen molar-refractivity contribution in [1.82, 2.24) is 4.98 Å². The van der Waals surface area contributed by atoms with Crippen molar-refractivity contribution < 1.29 is 0 Å². The molecule has 0 amide bonds. The Bertz CT molecular complexity index is 755. The minimum Gasteiger partial charge on any atom is -0.252 e. The third kappa shape index (κ3) is 5.20. The largest absolute Gasteiger partial charge is 0.252 e. The summed E-state index contributed by atoms with van der Waals surface area (Å²) in [6.07, 6.45) is 3.64. The van der Waals surface area contributed by atoms with Crippen LogP contribution in [-0.4, -0.2) is 4.98 Å². The highest BCUT2D eigenvalue weighted by atomic mass is 32.2. The molecule has 1 aromatic heterocycles. The van der Waals surface area contributed by atoms with Gasteiger partial charge < -0.3 is 0 Å². The first-order valence-electron chi connectivity index (χ1n) is 9.04. The number of unbranched alkanes of at least 4 members (excludes halogenated alkanes) is 1. The van der Waals surface area contributed by atoms with Crippen LogP contribution >= 0.6 is 11.8 Å². The van der Waals surface area contributed by atoms with Gasteiger partial charge in [-0.3, -0.25) is 4.98 Å². The van der Waals surface area contributed by atoms with E-state index in [-0.39, 0.29) is 0 Å². The molecule has 3 rings (SSSR count). The Morgan fingerprint density at radius 3 is 2.28 bits per heavy atom. The van der Waals surface area contributed by atoms with E-state index >= 15 is 0 Å². The van der Waals surface area contributed by atoms with E-state index in [1.165, 1.54) is 36.1 Å². The number of benzene rings is 2. The second kappa shape index (κ2) is 9.43. The lowest BCUT2D eigenvalue weighted by Gasteiger charge is -2.17. The van der Waals surface area contributed by atoms with Crippen molar-refractivity contribution in [1.29, 1.82) is 0 Å². The van der Waals surface area contributed by atoms with Crippen LogP contribution in [0.15, 0.2) is 78.9 Å². The van der Waals surface area contributed by atoms with Crippen LogP contribution in [0.5, 0.6) is 0 Å². The maximum atomic E-state index is 4.99. The Hall–Kier alpha value is -2.06. The topological polar surface area (TPSA) is 12.9 Å². The highest BCUT2D eigenvalue weighted by Crippen LogP contribution is 2.35. The fourth-order valence-electron chi connectivity index (χ4n) is 2.88. The van der Waals surface area contributed by atoms with Crippen LogP contribution in [0.3, 0.4) is 0 Å². The summed E-state index contributed by atoms with van der Waals surface area (Å²) in [4.78, 5) is 4.99. The van der Waals surface area contributed by atoms with Crippen LogP contribution in [0.25, 0.3) is 11.3 Å². The smallest absolute Gasteiger partial charge is 0.0705 e. The first kappa shape index (κ1) is 17.8. The van der Waals surface area contributed by atoms with E-state index in [0.717, 1.165) is 11.4 Å². The Morgan fingerprint density at radius 2 is 1.56 bits per heavy atom. The Kier molecular flexibility index (Phi) is 6.70. The normalized spacial score (nSPS) is 12.0. The molecule has 1 atom stereocenters. The van der Waals surface area contributed by atoms with Gasteiger partial charge in [0.1, 0.15) is 0 Å². The predicted octanol–water partition coefficient (Wildman–Crippen LogP) is 6.91. The molecule has 25 heavy (non-hydrogen) atoms. The summed E-state index contributed by atoms with van der Waals surface area (Å²) in [5.41, 5.74) is 4.84. The lowest BCUT2D eigenvalue weighted by atomic mass is 10.1. The van der Waals surface area contributed by atoms with Crippen molar-refractivity contribution in [2.45, 2.75) is 37.2 Å². The van der Waals surface area contributed by atoms with Gasteiger partial charge in [0.05, 0.1) is 11.4 Å². The molecular formula is C23H25NS. The van der Waals surface area contributed by atoms with E-state index < -0.39 is 0 Å². The Labute approximate surface area is 155 Å². The minimum absolute atomic E-state index is 0.448. The zero-order chi connectivity index (χ0) is 17.3. The summed E-state index contributed by atoms with van der Waals surface area (Å²) in [6.45, 7) is 2.26. The number of aromatic nitrogens is 1. The summed E-state index contributed by atoms with van der Waals surface area (Å²) in [6, 6.07) is 27.6. The molecular weight excluding hydrogens is 322 g/mol. The van der Waals surface area contributed by atoms with Gasteiger partial charge in [-0.05, 0) is 24.1 Å². The summed E-state index contributed by atoms with van der Waals surface area (Å²) >= 11 is 2.01. The standard InChI is InChI=1S/C23H25NS/c1-2-3-17-23(25-18-19-11-6-4-7-12-19)22-16-10-15-21(24-22)20-13-8-5-9-14-20/h4-16,23H,2-3,17-18H2,1H3. The van der Waals surface area contributed by atoms with Gasteiger partial charge >= 0.3 is 0 Å². The SMILES string of the molecule is CCCCC(SCc1ccccc1)c1cccc(-c2ccccc2)n1. The van der Waals surface area contributed by atoms with Crippen molar-refractivity contribution in [2.75, 3.05) is 0 Å². The molecule has 0 aliphatic heterocycles. The first-order chi connectivity index (χ1) is 12.4. The maximum absolute atomic E-state index is 4.99. The monoisotopic (exact) mass is 347 g/mol. The average Bonchev–Trinajstić information content (AvgIpc) is 2.70. The van der Waals surface area contributed by atoms with Gasteiger partial charge in [0.25, 0.3) is 0 Å². The molecule has 0 aliphatic carbocycles. The van der Waals surface area contributed by atoms with Gasteiger partial charge in [-0.1, -0.05) is 86.5 Å². The van der Waals surface area contributed by atoms with Gasteiger partial charge in [-0.2, -0.15) is 0 Å². The van der Waals surface area contributed by atoms with Gasteiger partial charge in [-0.15, -0.1) is 11.8 Å². The molecule has 0 N–H and O–H groups in total. The molecule has 2 heteroatoms. The molecule has 128 valence electrons. The van der Waals surface area contributed by atoms with Gasteiger partial charge in [-0.25, -0.2) is 0 Å². The summed E-state index contributed by atoms with van der Waals surface area (Å²) in [7, 11) is 0. The van der Waals surface area contributed by atoms with Gasteiger partial charge in [0.2, 0.25) is 0 Å². The molecule has 0 saturated carbocycles. The molecule has 1 heterocycles. The molecule has 0 spiro atoms. The first-order valence-corrected chi connectivity index (χ1v) is 10.1. The lowest BCUT2D eigenvalue weighted by molar-refractivity contribution is 0.696. The van der Waals surface area contributed by atoms with Crippen LogP contribution < -0.4 is 0 Å². The van der Waals surface area contributed by atoms with Crippen molar-refractivity contribution in [3.63, 3.8) is 0 Å². The van der Waals surface area contributed by atoms with E-state index in [2.05, 4.69) is 79.7 Å². The van der Waals surface area contributed by atoms with E-state index in [9.17, 15) is 0 Å². The molecule has 2 aromatic carbocycles. The molecule has 0 radical (unpaired) electrons. The second-order valence-electron chi connectivity index (χ2n) is 6.24. The summed E-state index contributed by atoms with van der Waals surface area (Å²) in [5, 5.41) is 0.448. The van der Waals surface area contributed by atoms with Crippen LogP contribution in [0.4, 0.5) is 0 Å². The number of hydrogen-bond donors (Lipinski definition) is 0. The van der Waals surface area contributed by atoms with Crippen LogP contribution in [0, 0.1) is 0 Å². The molecule has 0 saturated heterocycles. The average molecular weight is 348 g/mol.